The summed E-state index contributed by atoms with van der Waals surface area (Å²) in [7, 11) is 0. The molecule has 2 aromatic heterocycles. The van der Waals surface area contributed by atoms with Gasteiger partial charge in [0.1, 0.15) is 5.03 Å². The molecule has 3 aromatic rings. The molecule has 0 radical (unpaired) electrons. The molecule has 0 aliphatic carbocycles. The number of hydrogen-bond acceptors (Lipinski definition) is 5. The topological polar surface area (TPSA) is 84.2 Å². The Kier molecular flexibility index (Phi) is 5.15. The number of nitrogens with one attached hydrogen (secondary N) is 2. The molecule has 25 heavy (non-hydrogen) atoms. The number of furan rings is 1. The lowest BCUT2D eigenvalue weighted by Gasteiger charge is -2.09. The number of anilines is 2. The summed E-state index contributed by atoms with van der Waals surface area (Å²) in [6, 6.07) is 13.5. The third kappa shape index (κ3) is 4.07. The Morgan fingerprint density at radius 2 is 1.64 bits per heavy atom. The molecule has 3 rings (SSSR count). The molecule has 0 saturated carbocycles. The largest absolute Gasteiger partial charge is 0.459 e. The summed E-state index contributed by atoms with van der Waals surface area (Å²) in [5, 5.41) is 6.20. The summed E-state index contributed by atoms with van der Waals surface area (Å²) < 4.78 is 5.04. The highest BCUT2D eigenvalue weighted by Crippen LogP contribution is 2.20. The molecule has 2 N–H and O–H groups in total. The van der Waals surface area contributed by atoms with E-state index in [4.69, 9.17) is 4.42 Å². The Hall–Kier alpha value is -3.06. The van der Waals surface area contributed by atoms with Gasteiger partial charge in [-0.1, -0.05) is 0 Å². The Bertz CT molecular complexity index is 877. The van der Waals surface area contributed by atoms with Crippen LogP contribution in [0.2, 0.25) is 0 Å². The van der Waals surface area contributed by atoms with E-state index in [9.17, 15) is 9.59 Å². The molecule has 2 heterocycles. The van der Waals surface area contributed by atoms with E-state index in [1.54, 1.807) is 54.7 Å². The average molecular weight is 353 g/mol. The number of nitrogens with zero attached hydrogens (tertiary/aromatic N) is 1. The van der Waals surface area contributed by atoms with Gasteiger partial charge in [0.2, 0.25) is 0 Å². The Morgan fingerprint density at radius 1 is 0.960 bits per heavy atom. The van der Waals surface area contributed by atoms with E-state index < -0.39 is 0 Å². The van der Waals surface area contributed by atoms with Gasteiger partial charge in [0.25, 0.3) is 11.8 Å². The van der Waals surface area contributed by atoms with Gasteiger partial charge in [0.05, 0.1) is 11.8 Å². The fourth-order valence-electron chi connectivity index (χ4n) is 2.16. The zero-order valence-electron chi connectivity index (χ0n) is 13.4. The normalized spacial score (nSPS) is 10.3. The van der Waals surface area contributed by atoms with Crippen molar-refractivity contribution in [3.8, 4) is 0 Å². The molecule has 0 fully saturated rings. The van der Waals surface area contributed by atoms with E-state index in [0.717, 1.165) is 0 Å². The third-order valence-electron chi connectivity index (χ3n) is 3.35. The van der Waals surface area contributed by atoms with Crippen LogP contribution >= 0.6 is 11.8 Å². The van der Waals surface area contributed by atoms with Gasteiger partial charge in [-0.25, -0.2) is 4.98 Å². The van der Waals surface area contributed by atoms with Crippen LogP contribution in [-0.4, -0.2) is 23.1 Å². The summed E-state index contributed by atoms with van der Waals surface area (Å²) in [6.45, 7) is 0. The van der Waals surface area contributed by atoms with Gasteiger partial charge in [0, 0.05) is 17.6 Å². The zero-order valence-corrected chi connectivity index (χ0v) is 14.2. The molecule has 0 aliphatic heterocycles. The maximum atomic E-state index is 12.4. The molecule has 0 spiro atoms. The summed E-state index contributed by atoms with van der Waals surface area (Å²) >= 11 is 1.41. The maximum Gasteiger partial charge on any atom is 0.291 e. The number of hydrogen-bond donors (Lipinski definition) is 2. The highest BCUT2D eigenvalue weighted by molar-refractivity contribution is 7.98. The van der Waals surface area contributed by atoms with Crippen LogP contribution in [0.3, 0.4) is 0 Å². The minimum absolute atomic E-state index is 0.232. The summed E-state index contributed by atoms with van der Waals surface area (Å²) in [5.74, 6) is -0.329. The molecular weight excluding hydrogens is 338 g/mol. The fourth-order valence-corrected chi connectivity index (χ4v) is 2.71. The van der Waals surface area contributed by atoms with E-state index in [-0.39, 0.29) is 17.6 Å². The van der Waals surface area contributed by atoms with Crippen molar-refractivity contribution in [3.63, 3.8) is 0 Å². The molecule has 6 nitrogen and oxygen atoms in total. The van der Waals surface area contributed by atoms with Crippen LogP contribution in [0.4, 0.5) is 11.4 Å². The van der Waals surface area contributed by atoms with Crippen molar-refractivity contribution in [1.82, 2.24) is 4.98 Å². The van der Waals surface area contributed by atoms with Crippen LogP contribution in [0.15, 0.2) is 70.4 Å². The van der Waals surface area contributed by atoms with Gasteiger partial charge in [-0.2, -0.15) is 0 Å². The second-order valence-corrected chi connectivity index (χ2v) is 5.82. The smallest absolute Gasteiger partial charge is 0.291 e. The number of carbonyl (C=O) groups is 2. The van der Waals surface area contributed by atoms with E-state index in [1.165, 1.54) is 18.0 Å². The fraction of sp³-hybridized carbons (Fsp3) is 0.0556. The zero-order chi connectivity index (χ0) is 17.6. The van der Waals surface area contributed by atoms with Crippen LogP contribution in [0.25, 0.3) is 0 Å². The number of thioether (sulfide) groups is 1. The molecule has 2 amide bonds. The Labute approximate surface area is 148 Å². The van der Waals surface area contributed by atoms with Crippen molar-refractivity contribution >= 4 is 35.0 Å². The number of carbonyl (C=O) groups excluding carboxylic acids is 2. The van der Waals surface area contributed by atoms with Crippen LogP contribution in [0.1, 0.15) is 20.9 Å². The lowest BCUT2D eigenvalue weighted by molar-refractivity contribution is 0.0994. The number of aromatic nitrogens is 1. The quantitative estimate of drug-likeness (QED) is 0.680. The highest BCUT2D eigenvalue weighted by Gasteiger charge is 2.12. The number of rotatable bonds is 5. The van der Waals surface area contributed by atoms with Crippen LogP contribution in [0.5, 0.6) is 0 Å². The lowest BCUT2D eigenvalue weighted by atomic mass is 10.2. The average Bonchev–Trinajstić information content (AvgIpc) is 3.18. The van der Waals surface area contributed by atoms with Gasteiger partial charge >= 0.3 is 0 Å². The van der Waals surface area contributed by atoms with Gasteiger partial charge in [-0.3, -0.25) is 9.59 Å². The second kappa shape index (κ2) is 7.67. The molecule has 0 saturated heterocycles. The molecule has 0 aliphatic rings. The summed E-state index contributed by atoms with van der Waals surface area (Å²) in [6.07, 6.45) is 4.96. The van der Waals surface area contributed by atoms with Crippen molar-refractivity contribution in [2.75, 3.05) is 16.9 Å². The van der Waals surface area contributed by atoms with Crippen LogP contribution < -0.4 is 10.6 Å². The van der Waals surface area contributed by atoms with Crippen molar-refractivity contribution < 1.29 is 14.0 Å². The molecule has 0 atom stereocenters. The summed E-state index contributed by atoms with van der Waals surface area (Å²) in [4.78, 5) is 28.5. The molecular formula is C18H15N3O3S. The highest BCUT2D eigenvalue weighted by atomic mass is 32.2. The minimum atomic E-state index is -0.332. The lowest BCUT2D eigenvalue weighted by Crippen LogP contribution is -2.14. The van der Waals surface area contributed by atoms with Crippen molar-refractivity contribution in [2.24, 2.45) is 0 Å². The van der Waals surface area contributed by atoms with Gasteiger partial charge in [-0.15, -0.1) is 11.8 Å². The Morgan fingerprint density at radius 3 is 2.24 bits per heavy atom. The van der Waals surface area contributed by atoms with E-state index in [0.29, 0.717) is 22.0 Å². The van der Waals surface area contributed by atoms with Crippen LogP contribution in [0, 0.1) is 0 Å². The first-order valence-corrected chi connectivity index (χ1v) is 8.65. The number of pyridine rings is 1. The number of benzene rings is 1. The molecule has 0 unspecified atom stereocenters. The first kappa shape index (κ1) is 16.8. The maximum absolute atomic E-state index is 12.4. The molecule has 126 valence electrons. The van der Waals surface area contributed by atoms with Crippen molar-refractivity contribution in [1.29, 1.82) is 0 Å². The monoisotopic (exact) mass is 353 g/mol. The third-order valence-corrected chi connectivity index (χ3v) is 4.07. The summed E-state index contributed by atoms with van der Waals surface area (Å²) in [5.41, 5.74) is 1.74. The standard InChI is InChI=1S/C18H15N3O3S/c1-25-18-14(4-2-10-19-18)16(22)20-12-6-8-13(9-7-12)21-17(23)15-5-3-11-24-15/h2-11H,1H3,(H,20,22)(H,21,23). The van der Waals surface area contributed by atoms with E-state index in [2.05, 4.69) is 15.6 Å². The molecule has 7 heteroatoms. The van der Waals surface area contributed by atoms with Crippen molar-refractivity contribution in [2.45, 2.75) is 5.03 Å². The van der Waals surface area contributed by atoms with Gasteiger partial charge in [0.15, 0.2) is 5.76 Å². The molecule has 0 bridgehead atoms. The van der Waals surface area contributed by atoms with Gasteiger partial charge < -0.3 is 15.1 Å². The minimum Gasteiger partial charge on any atom is -0.459 e. The van der Waals surface area contributed by atoms with Gasteiger partial charge in [-0.05, 0) is 54.8 Å². The second-order valence-electron chi connectivity index (χ2n) is 5.02. The predicted octanol–water partition coefficient (Wildman–Crippen LogP) is 3.90. The van der Waals surface area contributed by atoms with Crippen LogP contribution in [-0.2, 0) is 0 Å². The van der Waals surface area contributed by atoms with E-state index >= 15 is 0 Å². The SMILES string of the molecule is CSc1ncccc1C(=O)Nc1ccc(NC(=O)c2ccco2)cc1. The predicted molar refractivity (Wildman–Crippen MR) is 97.1 cm³/mol. The first-order chi connectivity index (χ1) is 12.2. The number of amides is 2. The molecule has 1 aromatic carbocycles. The van der Waals surface area contributed by atoms with E-state index in [1.807, 2.05) is 6.26 Å². The first-order valence-electron chi connectivity index (χ1n) is 7.42. The Balaban J connectivity index is 1.66. The van der Waals surface area contributed by atoms with Crippen molar-refractivity contribution in [3.05, 3.63) is 72.3 Å².